The minimum atomic E-state index is -0.797. The number of allylic oxidation sites excluding steroid dienone is 2. The number of Topliss-reactive ketones (excluding diaryl/α,β-unsaturated/α-hetero) is 1. The van der Waals surface area contributed by atoms with E-state index in [1.165, 1.54) is 14.2 Å². The third-order valence-electron chi connectivity index (χ3n) is 6.50. The van der Waals surface area contributed by atoms with Gasteiger partial charge in [0.05, 0.1) is 19.8 Å². The Kier molecular flexibility index (Phi) is 6.60. The molecule has 182 valence electrons. The second kappa shape index (κ2) is 9.34. The van der Waals surface area contributed by atoms with Crippen LogP contribution in [0.1, 0.15) is 43.7 Å². The lowest BCUT2D eigenvalue weighted by Gasteiger charge is -2.44. The standard InChI is InChI=1S/C28H28ClNO5/c1-16-6-12-19(13-7-16)30-20-14-28(2,3)15-21(31)23(20)22(17-8-10-18(29)11-9-17)24(26(32)34-4)25(30)27(33)35-5/h6-13,22H,14-15H2,1-5H3. The normalized spacial score (nSPS) is 19.4. The molecule has 0 aromatic heterocycles. The summed E-state index contributed by atoms with van der Waals surface area (Å²) < 4.78 is 10.3. The Balaban J connectivity index is 2.12. The predicted octanol–water partition coefficient (Wildman–Crippen LogP) is 5.50. The number of ketones is 1. The molecule has 1 unspecified atom stereocenters. The van der Waals surface area contributed by atoms with E-state index >= 15 is 0 Å². The van der Waals surface area contributed by atoms with Crippen LogP contribution < -0.4 is 4.90 Å². The number of benzene rings is 2. The van der Waals surface area contributed by atoms with Crippen LogP contribution in [0.15, 0.2) is 71.1 Å². The number of rotatable bonds is 4. The molecule has 0 spiro atoms. The largest absolute Gasteiger partial charge is 0.466 e. The fourth-order valence-electron chi connectivity index (χ4n) is 4.96. The van der Waals surface area contributed by atoms with Crippen molar-refractivity contribution in [2.24, 2.45) is 5.41 Å². The molecule has 35 heavy (non-hydrogen) atoms. The molecule has 4 rings (SSSR count). The SMILES string of the molecule is COC(=O)C1=C(C(=O)OC)N(c2ccc(C)cc2)C2=C(C(=O)CC(C)(C)C2)C1c1ccc(Cl)cc1. The number of ether oxygens (including phenoxy) is 2. The van der Waals surface area contributed by atoms with Crippen LogP contribution in [-0.2, 0) is 23.9 Å². The number of carbonyl (C=O) groups excluding carboxylic acids is 3. The molecule has 1 aliphatic heterocycles. The van der Waals surface area contributed by atoms with Gasteiger partial charge in [-0.25, -0.2) is 9.59 Å². The second-order valence-electron chi connectivity index (χ2n) is 9.70. The lowest BCUT2D eigenvalue weighted by Crippen LogP contribution is -2.43. The van der Waals surface area contributed by atoms with Gasteiger partial charge in [-0.15, -0.1) is 0 Å². The number of esters is 2. The van der Waals surface area contributed by atoms with Crippen LogP contribution >= 0.6 is 11.6 Å². The van der Waals surface area contributed by atoms with Crippen molar-refractivity contribution in [3.8, 4) is 0 Å². The number of carbonyl (C=O) groups is 3. The summed E-state index contributed by atoms with van der Waals surface area (Å²) in [6.45, 7) is 6.01. The minimum absolute atomic E-state index is 0.0485. The van der Waals surface area contributed by atoms with Crippen LogP contribution in [0.5, 0.6) is 0 Å². The minimum Gasteiger partial charge on any atom is -0.466 e. The highest BCUT2D eigenvalue weighted by Gasteiger charge is 2.48. The molecule has 0 saturated carbocycles. The summed E-state index contributed by atoms with van der Waals surface area (Å²) in [6.07, 6.45) is 0.848. The maximum Gasteiger partial charge on any atom is 0.355 e. The predicted molar refractivity (Wildman–Crippen MR) is 134 cm³/mol. The summed E-state index contributed by atoms with van der Waals surface area (Å²) in [5, 5.41) is 0.521. The van der Waals surface area contributed by atoms with Gasteiger partial charge in [-0.1, -0.05) is 55.3 Å². The fraction of sp³-hybridized carbons (Fsp3) is 0.321. The van der Waals surface area contributed by atoms with Crippen molar-refractivity contribution in [3.63, 3.8) is 0 Å². The number of hydrogen-bond acceptors (Lipinski definition) is 6. The molecular weight excluding hydrogens is 466 g/mol. The molecule has 1 atom stereocenters. The van der Waals surface area contributed by atoms with Crippen molar-refractivity contribution in [1.82, 2.24) is 0 Å². The van der Waals surface area contributed by atoms with Crippen LogP contribution in [0.3, 0.4) is 0 Å². The number of hydrogen-bond donors (Lipinski definition) is 0. The van der Waals surface area contributed by atoms with Crippen LogP contribution in [0.4, 0.5) is 5.69 Å². The molecule has 0 saturated heterocycles. The Morgan fingerprint density at radius 3 is 2.11 bits per heavy atom. The van der Waals surface area contributed by atoms with Gasteiger partial charge in [-0.05, 0) is 48.6 Å². The van der Waals surface area contributed by atoms with Crippen LogP contribution in [-0.4, -0.2) is 31.9 Å². The molecule has 0 fully saturated rings. The van der Waals surface area contributed by atoms with E-state index in [0.717, 1.165) is 5.56 Å². The number of anilines is 1. The maximum atomic E-state index is 13.7. The monoisotopic (exact) mass is 493 g/mol. The molecule has 1 aliphatic carbocycles. The maximum absolute atomic E-state index is 13.7. The Hall–Kier alpha value is -3.38. The smallest absolute Gasteiger partial charge is 0.355 e. The Morgan fingerprint density at radius 1 is 0.943 bits per heavy atom. The lowest BCUT2D eigenvalue weighted by atomic mass is 9.68. The fourth-order valence-corrected chi connectivity index (χ4v) is 5.08. The van der Waals surface area contributed by atoms with E-state index in [2.05, 4.69) is 0 Å². The van der Waals surface area contributed by atoms with Gasteiger partial charge in [0.1, 0.15) is 5.70 Å². The molecule has 7 heteroatoms. The third kappa shape index (κ3) is 4.50. The van der Waals surface area contributed by atoms with Gasteiger partial charge in [0, 0.05) is 34.3 Å². The van der Waals surface area contributed by atoms with Crippen molar-refractivity contribution in [2.45, 2.75) is 39.5 Å². The highest BCUT2D eigenvalue weighted by molar-refractivity contribution is 6.30. The summed E-state index contributed by atoms with van der Waals surface area (Å²) in [7, 11) is 2.53. The summed E-state index contributed by atoms with van der Waals surface area (Å²) in [5.74, 6) is -2.26. The molecule has 2 aromatic rings. The van der Waals surface area contributed by atoms with Crippen LogP contribution in [0, 0.1) is 12.3 Å². The molecule has 2 aromatic carbocycles. The van der Waals surface area contributed by atoms with E-state index in [0.29, 0.717) is 40.4 Å². The Labute approximate surface area is 210 Å². The second-order valence-corrected chi connectivity index (χ2v) is 10.1. The number of methoxy groups -OCH3 is 2. The molecule has 0 bridgehead atoms. The molecule has 2 aliphatic rings. The first-order valence-electron chi connectivity index (χ1n) is 11.4. The van der Waals surface area contributed by atoms with Crippen molar-refractivity contribution < 1.29 is 23.9 Å². The van der Waals surface area contributed by atoms with Gasteiger partial charge < -0.3 is 14.4 Å². The zero-order valence-corrected chi connectivity index (χ0v) is 21.2. The topological polar surface area (TPSA) is 72.9 Å². The van der Waals surface area contributed by atoms with Crippen LogP contribution in [0.25, 0.3) is 0 Å². The van der Waals surface area contributed by atoms with E-state index in [1.807, 2.05) is 45.0 Å². The highest BCUT2D eigenvalue weighted by Crippen LogP contribution is 2.51. The van der Waals surface area contributed by atoms with Crippen molar-refractivity contribution in [1.29, 1.82) is 0 Å². The average molecular weight is 494 g/mol. The lowest BCUT2D eigenvalue weighted by molar-refractivity contribution is -0.139. The summed E-state index contributed by atoms with van der Waals surface area (Å²) in [4.78, 5) is 42.1. The van der Waals surface area contributed by atoms with Gasteiger partial charge >= 0.3 is 11.9 Å². The first-order chi connectivity index (χ1) is 16.6. The van der Waals surface area contributed by atoms with Gasteiger partial charge in [0.15, 0.2) is 5.78 Å². The molecule has 1 heterocycles. The quantitative estimate of drug-likeness (QED) is 0.524. The first-order valence-corrected chi connectivity index (χ1v) is 11.7. The van der Waals surface area contributed by atoms with Gasteiger partial charge in [-0.2, -0.15) is 0 Å². The van der Waals surface area contributed by atoms with E-state index in [-0.39, 0.29) is 22.5 Å². The molecular formula is C28H28ClNO5. The molecule has 0 radical (unpaired) electrons. The number of nitrogens with zero attached hydrogens (tertiary/aromatic N) is 1. The van der Waals surface area contributed by atoms with Gasteiger partial charge in [0.2, 0.25) is 0 Å². The zero-order valence-electron chi connectivity index (χ0n) is 20.5. The Morgan fingerprint density at radius 2 is 1.54 bits per heavy atom. The highest BCUT2D eigenvalue weighted by atomic mass is 35.5. The summed E-state index contributed by atoms with van der Waals surface area (Å²) >= 11 is 6.13. The summed E-state index contributed by atoms with van der Waals surface area (Å²) in [5.41, 5.74) is 3.30. The number of aryl methyl sites for hydroxylation is 1. The van der Waals surface area contributed by atoms with Crippen molar-refractivity contribution in [3.05, 3.63) is 87.2 Å². The Bertz CT molecular complexity index is 1260. The molecule has 6 nitrogen and oxygen atoms in total. The van der Waals surface area contributed by atoms with Crippen LogP contribution in [0.2, 0.25) is 5.02 Å². The van der Waals surface area contributed by atoms with E-state index in [1.54, 1.807) is 29.2 Å². The molecule has 0 amide bonds. The van der Waals surface area contributed by atoms with Gasteiger partial charge in [0.25, 0.3) is 0 Å². The van der Waals surface area contributed by atoms with Gasteiger partial charge in [-0.3, -0.25) is 4.79 Å². The molecule has 0 N–H and O–H groups in total. The number of halogens is 1. The van der Waals surface area contributed by atoms with E-state index in [9.17, 15) is 14.4 Å². The van der Waals surface area contributed by atoms with Crippen molar-refractivity contribution >= 4 is 35.0 Å². The van der Waals surface area contributed by atoms with E-state index < -0.39 is 17.9 Å². The first kappa shape index (κ1) is 24.7. The van der Waals surface area contributed by atoms with Crippen molar-refractivity contribution in [2.75, 3.05) is 19.1 Å². The third-order valence-corrected chi connectivity index (χ3v) is 6.75. The zero-order chi connectivity index (χ0) is 25.5. The average Bonchev–Trinajstić information content (AvgIpc) is 2.82. The summed E-state index contributed by atoms with van der Waals surface area (Å²) in [6, 6.07) is 14.5. The van der Waals surface area contributed by atoms with E-state index in [4.69, 9.17) is 21.1 Å².